The predicted octanol–water partition coefficient (Wildman–Crippen LogP) is 1.95. The van der Waals surface area contributed by atoms with Gasteiger partial charge in [-0.1, -0.05) is 0 Å². The summed E-state index contributed by atoms with van der Waals surface area (Å²) in [6, 6.07) is -0.143. The summed E-state index contributed by atoms with van der Waals surface area (Å²) >= 11 is 0. The van der Waals surface area contributed by atoms with Gasteiger partial charge in [0.15, 0.2) is 0 Å². The van der Waals surface area contributed by atoms with Gasteiger partial charge in [-0.25, -0.2) is 4.79 Å². The number of rotatable bonds is 5. The Morgan fingerprint density at radius 1 is 1.44 bits per heavy atom. The number of esters is 1. The molecule has 1 unspecified atom stereocenters. The molecule has 0 radical (unpaired) electrons. The molecule has 0 saturated carbocycles. The molecule has 150 valence electrons. The minimum Gasteiger partial charge on any atom is -0.469 e. The summed E-state index contributed by atoms with van der Waals surface area (Å²) in [6.07, 6.45) is 1.08. The molecule has 0 saturated heterocycles. The lowest BCUT2D eigenvalue weighted by atomic mass is 9.95. The molecule has 10 nitrogen and oxygen atoms in total. The first kappa shape index (κ1) is 20.7. The van der Waals surface area contributed by atoms with E-state index in [1.165, 1.54) is 13.3 Å². The van der Waals surface area contributed by atoms with E-state index in [1.54, 1.807) is 30.4 Å². The molecule has 27 heavy (non-hydrogen) atoms. The van der Waals surface area contributed by atoms with Crippen LogP contribution in [0.15, 0.2) is 6.20 Å². The van der Waals surface area contributed by atoms with Crippen molar-refractivity contribution in [3.05, 3.63) is 27.6 Å². The predicted molar refractivity (Wildman–Crippen MR) is 94.7 cm³/mol. The number of nitrogens with zero attached hydrogens (tertiary/aromatic N) is 4. The zero-order valence-electron chi connectivity index (χ0n) is 16.3. The lowest BCUT2D eigenvalue weighted by molar-refractivity contribution is -0.480. The number of amides is 1. The Kier molecular flexibility index (Phi) is 6.07. The molecular formula is C17H26N4O6. The summed E-state index contributed by atoms with van der Waals surface area (Å²) in [5.41, 5.74) is 0.583. The summed E-state index contributed by atoms with van der Waals surface area (Å²) in [6.45, 7) is 7.55. The Hall–Kier alpha value is -2.65. The normalized spacial score (nSPS) is 17.8. The third-order valence-corrected chi connectivity index (χ3v) is 4.36. The molecule has 0 fully saturated rings. The molecule has 0 N–H and O–H groups in total. The lowest BCUT2D eigenvalue weighted by Gasteiger charge is -2.35. The number of carbonyl (C=O) groups is 2. The van der Waals surface area contributed by atoms with Crippen LogP contribution in [0.5, 0.6) is 0 Å². The van der Waals surface area contributed by atoms with E-state index in [1.807, 2.05) is 6.92 Å². The molecular weight excluding hydrogens is 356 g/mol. The molecule has 0 aromatic carbocycles. The van der Waals surface area contributed by atoms with E-state index in [4.69, 9.17) is 9.47 Å². The molecule has 0 aliphatic carbocycles. The van der Waals surface area contributed by atoms with Crippen LogP contribution in [0.1, 0.15) is 51.3 Å². The maximum Gasteiger partial charge on any atom is 0.410 e. The van der Waals surface area contributed by atoms with Crippen LogP contribution in [0.2, 0.25) is 0 Å². The number of hydrogen-bond donors (Lipinski definition) is 0. The highest BCUT2D eigenvalue weighted by molar-refractivity contribution is 5.78. The number of carbonyl (C=O) groups excluding carboxylic acids is 2. The zero-order valence-corrected chi connectivity index (χ0v) is 16.3. The Bertz CT molecular complexity index is 723. The fraction of sp³-hybridized carbons (Fsp3) is 0.706. The topological polar surface area (TPSA) is 117 Å². The van der Waals surface area contributed by atoms with Crippen LogP contribution >= 0.6 is 0 Å². The van der Waals surface area contributed by atoms with Crippen molar-refractivity contribution in [1.29, 1.82) is 0 Å². The second-order valence-electron chi connectivity index (χ2n) is 7.61. The highest BCUT2D eigenvalue weighted by atomic mass is 16.6. The average molecular weight is 382 g/mol. The number of fused-ring (bicyclic) bond motifs is 1. The summed E-state index contributed by atoms with van der Waals surface area (Å²) in [5.74, 6) is -1.37. The van der Waals surface area contributed by atoms with Gasteiger partial charge in [-0.05, 0) is 27.7 Å². The van der Waals surface area contributed by atoms with E-state index in [0.29, 0.717) is 17.8 Å². The molecule has 1 aromatic heterocycles. The van der Waals surface area contributed by atoms with Crippen LogP contribution in [0, 0.1) is 10.1 Å². The van der Waals surface area contributed by atoms with Crippen LogP contribution in [0.4, 0.5) is 4.79 Å². The van der Waals surface area contributed by atoms with Crippen molar-refractivity contribution in [2.75, 3.05) is 13.7 Å². The van der Waals surface area contributed by atoms with Crippen molar-refractivity contribution in [2.45, 2.75) is 64.8 Å². The highest BCUT2D eigenvalue weighted by Crippen LogP contribution is 2.30. The summed E-state index contributed by atoms with van der Waals surface area (Å²) in [7, 11) is 1.24. The van der Waals surface area contributed by atoms with Gasteiger partial charge in [0, 0.05) is 16.9 Å². The van der Waals surface area contributed by atoms with Gasteiger partial charge in [-0.3, -0.25) is 24.5 Å². The second-order valence-corrected chi connectivity index (χ2v) is 7.61. The first-order chi connectivity index (χ1) is 12.5. The van der Waals surface area contributed by atoms with Crippen molar-refractivity contribution in [1.82, 2.24) is 14.7 Å². The van der Waals surface area contributed by atoms with Crippen molar-refractivity contribution in [2.24, 2.45) is 0 Å². The maximum atomic E-state index is 12.5. The van der Waals surface area contributed by atoms with E-state index < -0.39 is 28.5 Å². The largest absolute Gasteiger partial charge is 0.469 e. The van der Waals surface area contributed by atoms with E-state index in [2.05, 4.69) is 5.10 Å². The van der Waals surface area contributed by atoms with Gasteiger partial charge >= 0.3 is 12.1 Å². The van der Waals surface area contributed by atoms with Crippen LogP contribution < -0.4 is 0 Å². The van der Waals surface area contributed by atoms with E-state index in [0.717, 1.165) is 0 Å². The van der Waals surface area contributed by atoms with Crippen LogP contribution in [-0.4, -0.2) is 57.0 Å². The summed E-state index contributed by atoms with van der Waals surface area (Å²) < 4.78 is 12.0. The Labute approximate surface area is 157 Å². The Morgan fingerprint density at radius 2 is 2.11 bits per heavy atom. The van der Waals surface area contributed by atoms with Gasteiger partial charge in [0.25, 0.3) is 0 Å². The molecule has 2 heterocycles. The summed E-state index contributed by atoms with van der Waals surface area (Å²) in [5, 5.41) is 15.1. The Balaban J connectivity index is 2.30. The molecule has 10 heteroatoms. The zero-order chi connectivity index (χ0) is 20.4. The SMILES string of the molecule is COC(=O)C(CC[N+](=O)[O-])c1cnn2c1CN(C(=O)OC(C)(C)C)[C@@H](C)C2. The molecule has 1 aromatic rings. The third kappa shape index (κ3) is 4.95. The number of ether oxygens (including phenoxy) is 2. The minimum absolute atomic E-state index is 0.000355. The second kappa shape index (κ2) is 7.93. The first-order valence-electron chi connectivity index (χ1n) is 8.77. The van der Waals surface area contributed by atoms with Crippen LogP contribution in [0.3, 0.4) is 0 Å². The van der Waals surface area contributed by atoms with Gasteiger partial charge < -0.3 is 9.47 Å². The van der Waals surface area contributed by atoms with Crippen LogP contribution in [-0.2, 0) is 27.4 Å². The van der Waals surface area contributed by atoms with Crippen molar-refractivity contribution < 1.29 is 24.0 Å². The van der Waals surface area contributed by atoms with Crippen LogP contribution in [0.25, 0.3) is 0 Å². The number of nitro groups is 1. The van der Waals surface area contributed by atoms with E-state index in [9.17, 15) is 19.7 Å². The van der Waals surface area contributed by atoms with Gasteiger partial charge in [0.2, 0.25) is 6.54 Å². The fourth-order valence-corrected chi connectivity index (χ4v) is 3.05. The Morgan fingerprint density at radius 3 is 2.67 bits per heavy atom. The van der Waals surface area contributed by atoms with Crippen molar-refractivity contribution in [3.63, 3.8) is 0 Å². The van der Waals surface area contributed by atoms with Gasteiger partial charge in [-0.2, -0.15) is 5.10 Å². The minimum atomic E-state index is -0.807. The highest BCUT2D eigenvalue weighted by Gasteiger charge is 2.35. The quantitative estimate of drug-likeness (QED) is 0.434. The molecule has 2 atom stereocenters. The number of hydrogen-bond acceptors (Lipinski definition) is 7. The van der Waals surface area contributed by atoms with Crippen molar-refractivity contribution in [3.8, 4) is 0 Å². The molecule has 1 aliphatic heterocycles. The number of methoxy groups -OCH3 is 1. The number of aromatic nitrogens is 2. The third-order valence-electron chi connectivity index (χ3n) is 4.36. The standard InChI is InChI=1S/C17H26N4O6/c1-11-9-20-14(10-19(11)16(23)27-17(2,3)4)13(8-18-20)12(15(22)26-5)6-7-21(24)25/h8,11-12H,6-7,9-10H2,1-5H3/t11-,12?/m0/s1. The smallest absolute Gasteiger partial charge is 0.410 e. The van der Waals surface area contributed by atoms with Gasteiger partial charge in [0.1, 0.15) is 5.60 Å². The fourth-order valence-electron chi connectivity index (χ4n) is 3.05. The first-order valence-corrected chi connectivity index (χ1v) is 8.77. The van der Waals surface area contributed by atoms with E-state index in [-0.39, 0.29) is 25.6 Å². The molecule has 1 aliphatic rings. The van der Waals surface area contributed by atoms with Gasteiger partial charge in [-0.15, -0.1) is 0 Å². The molecule has 1 amide bonds. The average Bonchev–Trinajstić information content (AvgIpc) is 2.94. The van der Waals surface area contributed by atoms with E-state index >= 15 is 0 Å². The molecule has 0 spiro atoms. The summed E-state index contributed by atoms with van der Waals surface area (Å²) in [4.78, 5) is 36.6. The molecule has 2 rings (SSSR count). The lowest BCUT2D eigenvalue weighted by Crippen LogP contribution is -2.47. The van der Waals surface area contributed by atoms with Crippen molar-refractivity contribution >= 4 is 12.1 Å². The monoisotopic (exact) mass is 382 g/mol. The van der Waals surface area contributed by atoms with Gasteiger partial charge in [0.05, 0.1) is 44.0 Å². The molecule has 0 bridgehead atoms. The maximum absolute atomic E-state index is 12.5.